The molecule has 0 unspecified atom stereocenters. The van der Waals surface area contributed by atoms with E-state index in [4.69, 9.17) is 14.5 Å². The molecule has 0 aliphatic carbocycles. The standard InChI is InChI=1S/C39H43FN2O4/c1-23-9-7-11-32(40)31(23)22-42-17-16-26-19-28(12-13-30(26)21-42)34-24(2)41-25(3)35(37(38(43)44)46-39(4,5)6)36(34)29-14-15-33-27(20-29)10-8-18-45-33/h7,9,11-15,19-20,37H,8,10,16-18,21-22H2,1-6H3,(H,43,44)/t37-/m0/s1. The molecule has 3 heterocycles. The number of nitrogens with zero attached hydrogens (tertiary/aromatic N) is 2. The van der Waals surface area contributed by atoms with E-state index in [1.807, 2.05) is 59.7 Å². The molecular weight excluding hydrogens is 579 g/mol. The summed E-state index contributed by atoms with van der Waals surface area (Å²) in [6.45, 7) is 14.3. The SMILES string of the molecule is Cc1cccc(F)c1CN1CCc2cc(-c3c(C)nc(C)c([C@H](OC(C)(C)C)C(=O)O)c3-c3ccc4c(c3)CCCO4)ccc2C1. The molecule has 6 nitrogen and oxygen atoms in total. The van der Waals surface area contributed by atoms with Crippen LogP contribution in [0.25, 0.3) is 22.3 Å². The Balaban J connectivity index is 1.47. The maximum absolute atomic E-state index is 14.6. The molecule has 0 fully saturated rings. The third-order valence-corrected chi connectivity index (χ3v) is 9.08. The van der Waals surface area contributed by atoms with Gasteiger partial charge in [-0.15, -0.1) is 0 Å². The fourth-order valence-corrected chi connectivity index (χ4v) is 6.93. The summed E-state index contributed by atoms with van der Waals surface area (Å²) >= 11 is 0. The maximum Gasteiger partial charge on any atom is 0.337 e. The minimum absolute atomic E-state index is 0.157. The molecule has 6 rings (SSSR count). The van der Waals surface area contributed by atoms with Crippen LogP contribution < -0.4 is 4.74 Å². The number of benzene rings is 3. The van der Waals surface area contributed by atoms with Crippen molar-refractivity contribution in [2.75, 3.05) is 13.2 Å². The zero-order valence-electron chi connectivity index (χ0n) is 27.7. The highest BCUT2D eigenvalue weighted by Crippen LogP contribution is 2.44. The highest BCUT2D eigenvalue weighted by molar-refractivity contribution is 5.91. The summed E-state index contributed by atoms with van der Waals surface area (Å²) in [5.74, 6) is -0.325. The van der Waals surface area contributed by atoms with Crippen LogP contribution in [0.1, 0.15) is 78.1 Å². The first-order chi connectivity index (χ1) is 21.9. The van der Waals surface area contributed by atoms with E-state index in [9.17, 15) is 14.3 Å². The fourth-order valence-electron chi connectivity index (χ4n) is 6.93. The second kappa shape index (κ2) is 12.6. The largest absolute Gasteiger partial charge is 0.493 e. The monoisotopic (exact) mass is 622 g/mol. The topological polar surface area (TPSA) is 71.9 Å². The number of carbonyl (C=O) groups is 1. The van der Waals surface area contributed by atoms with Gasteiger partial charge in [-0.2, -0.15) is 0 Å². The molecule has 0 saturated carbocycles. The van der Waals surface area contributed by atoms with E-state index < -0.39 is 17.7 Å². The summed E-state index contributed by atoms with van der Waals surface area (Å²) in [5, 5.41) is 10.5. The van der Waals surface area contributed by atoms with Crippen LogP contribution in [0.2, 0.25) is 0 Å². The molecule has 1 aromatic heterocycles. The summed E-state index contributed by atoms with van der Waals surface area (Å²) in [4.78, 5) is 20.1. The number of rotatable bonds is 7. The molecule has 0 saturated heterocycles. The van der Waals surface area contributed by atoms with E-state index in [-0.39, 0.29) is 5.82 Å². The van der Waals surface area contributed by atoms with Crippen molar-refractivity contribution in [1.29, 1.82) is 0 Å². The highest BCUT2D eigenvalue weighted by atomic mass is 19.1. The lowest BCUT2D eigenvalue weighted by Crippen LogP contribution is -2.30. The summed E-state index contributed by atoms with van der Waals surface area (Å²) < 4.78 is 26.8. The Morgan fingerprint density at radius 1 is 0.978 bits per heavy atom. The second-order valence-corrected chi connectivity index (χ2v) is 13.6. The van der Waals surface area contributed by atoms with Crippen LogP contribution in [0, 0.1) is 26.6 Å². The van der Waals surface area contributed by atoms with Gasteiger partial charge in [-0.25, -0.2) is 9.18 Å². The van der Waals surface area contributed by atoms with E-state index >= 15 is 0 Å². The summed E-state index contributed by atoms with van der Waals surface area (Å²) in [6, 6.07) is 17.9. The zero-order valence-corrected chi connectivity index (χ0v) is 27.7. The highest BCUT2D eigenvalue weighted by Gasteiger charge is 2.34. The average Bonchev–Trinajstić information content (AvgIpc) is 3.00. The lowest BCUT2D eigenvalue weighted by molar-refractivity contribution is -0.160. The van der Waals surface area contributed by atoms with Gasteiger partial charge in [-0.3, -0.25) is 9.88 Å². The number of aliphatic carboxylic acids is 1. The molecule has 46 heavy (non-hydrogen) atoms. The summed E-state index contributed by atoms with van der Waals surface area (Å²) in [6.07, 6.45) is 1.47. The van der Waals surface area contributed by atoms with Crippen LogP contribution in [0.5, 0.6) is 5.75 Å². The first-order valence-corrected chi connectivity index (χ1v) is 16.2. The zero-order chi connectivity index (χ0) is 32.7. The molecule has 1 N–H and O–H groups in total. The van der Waals surface area contributed by atoms with E-state index in [0.29, 0.717) is 24.4 Å². The lowest BCUT2D eigenvalue weighted by Gasteiger charge is -2.31. The third-order valence-electron chi connectivity index (χ3n) is 9.08. The normalized spacial score (nSPS) is 15.5. The van der Waals surface area contributed by atoms with Gasteiger partial charge in [0.15, 0.2) is 6.10 Å². The van der Waals surface area contributed by atoms with Gasteiger partial charge in [0.25, 0.3) is 0 Å². The van der Waals surface area contributed by atoms with Crippen molar-refractivity contribution in [2.24, 2.45) is 0 Å². The molecule has 0 spiro atoms. The van der Waals surface area contributed by atoms with Crippen molar-refractivity contribution in [3.05, 3.63) is 105 Å². The van der Waals surface area contributed by atoms with Crippen molar-refractivity contribution in [1.82, 2.24) is 9.88 Å². The number of pyridine rings is 1. The van der Waals surface area contributed by atoms with Crippen LogP contribution in [0.15, 0.2) is 54.6 Å². The summed E-state index contributed by atoms with van der Waals surface area (Å²) in [7, 11) is 0. The van der Waals surface area contributed by atoms with Crippen molar-refractivity contribution < 1.29 is 23.8 Å². The van der Waals surface area contributed by atoms with Crippen molar-refractivity contribution in [3.63, 3.8) is 0 Å². The molecule has 0 amide bonds. The molecular formula is C39H43FN2O4. The van der Waals surface area contributed by atoms with Gasteiger partial charge in [-0.1, -0.05) is 36.4 Å². The number of hydrogen-bond donors (Lipinski definition) is 1. The van der Waals surface area contributed by atoms with Crippen LogP contribution in [0.3, 0.4) is 0 Å². The molecule has 3 aromatic carbocycles. The Labute approximate surface area is 271 Å². The Kier molecular flexibility index (Phi) is 8.75. The van der Waals surface area contributed by atoms with Crippen LogP contribution in [0.4, 0.5) is 4.39 Å². The molecule has 4 aromatic rings. The van der Waals surface area contributed by atoms with Gasteiger partial charge < -0.3 is 14.6 Å². The van der Waals surface area contributed by atoms with Crippen LogP contribution >= 0.6 is 0 Å². The smallest absolute Gasteiger partial charge is 0.337 e. The maximum atomic E-state index is 14.6. The molecule has 2 aliphatic rings. The fraction of sp³-hybridized carbons (Fsp3) is 0.385. The van der Waals surface area contributed by atoms with E-state index in [2.05, 4.69) is 29.2 Å². The molecule has 1 atom stereocenters. The minimum atomic E-state index is -1.21. The van der Waals surface area contributed by atoms with Gasteiger partial charge >= 0.3 is 5.97 Å². The number of ether oxygens (including phenoxy) is 2. The number of hydrogen-bond acceptors (Lipinski definition) is 5. The van der Waals surface area contributed by atoms with Gasteiger partial charge in [0.05, 0.1) is 12.2 Å². The van der Waals surface area contributed by atoms with Crippen molar-refractivity contribution in [2.45, 2.75) is 85.6 Å². The van der Waals surface area contributed by atoms with Gasteiger partial charge in [0.1, 0.15) is 11.6 Å². The average molecular weight is 623 g/mol. The van der Waals surface area contributed by atoms with E-state index in [1.54, 1.807) is 6.07 Å². The number of halogens is 1. The third kappa shape index (κ3) is 6.44. The van der Waals surface area contributed by atoms with Gasteiger partial charge in [-0.05, 0) is 118 Å². The number of carboxylic acids is 1. The van der Waals surface area contributed by atoms with Crippen molar-refractivity contribution >= 4 is 5.97 Å². The van der Waals surface area contributed by atoms with E-state index in [0.717, 1.165) is 82.7 Å². The molecule has 0 radical (unpaired) electrons. The first kappa shape index (κ1) is 31.9. The van der Waals surface area contributed by atoms with Gasteiger partial charge in [0, 0.05) is 47.7 Å². The van der Waals surface area contributed by atoms with Crippen LogP contribution in [-0.4, -0.2) is 39.7 Å². The lowest BCUT2D eigenvalue weighted by atomic mass is 9.84. The van der Waals surface area contributed by atoms with Crippen LogP contribution in [-0.2, 0) is 35.5 Å². The molecule has 2 aliphatic heterocycles. The Morgan fingerprint density at radius 2 is 1.72 bits per heavy atom. The number of aryl methyl sites for hydroxylation is 4. The quantitative estimate of drug-likeness (QED) is 0.224. The predicted molar refractivity (Wildman–Crippen MR) is 179 cm³/mol. The summed E-state index contributed by atoms with van der Waals surface area (Å²) in [5.41, 5.74) is 10.3. The Bertz CT molecular complexity index is 1790. The predicted octanol–water partition coefficient (Wildman–Crippen LogP) is 8.30. The minimum Gasteiger partial charge on any atom is -0.493 e. The van der Waals surface area contributed by atoms with Gasteiger partial charge in [0.2, 0.25) is 0 Å². The second-order valence-electron chi connectivity index (χ2n) is 13.6. The van der Waals surface area contributed by atoms with E-state index in [1.165, 1.54) is 17.2 Å². The van der Waals surface area contributed by atoms with Crippen molar-refractivity contribution in [3.8, 4) is 28.0 Å². The number of aromatic nitrogens is 1. The Hall–Kier alpha value is -4.07. The molecule has 0 bridgehead atoms. The Morgan fingerprint density at radius 3 is 2.46 bits per heavy atom. The first-order valence-electron chi connectivity index (χ1n) is 16.2. The number of fused-ring (bicyclic) bond motifs is 2. The molecule has 7 heteroatoms. The number of carboxylic acid groups (broad SMARTS) is 1. The molecule has 240 valence electrons.